The monoisotopic (exact) mass is 340 g/mol. The first-order valence-corrected chi connectivity index (χ1v) is 7.75. The van der Waals surface area contributed by atoms with E-state index in [2.05, 4.69) is 10.3 Å². The van der Waals surface area contributed by atoms with E-state index in [1.165, 1.54) is 30.0 Å². The number of nitro groups is 1. The van der Waals surface area contributed by atoms with E-state index in [4.69, 9.17) is 11.6 Å². The summed E-state index contributed by atoms with van der Waals surface area (Å²) in [6.45, 7) is 2.76. The normalized spacial score (nSPS) is 10.5. The van der Waals surface area contributed by atoms with Gasteiger partial charge in [0.2, 0.25) is 5.91 Å². The number of rotatable bonds is 6. The van der Waals surface area contributed by atoms with Crippen LogP contribution < -0.4 is 5.32 Å². The van der Waals surface area contributed by atoms with Crippen LogP contribution in [0.1, 0.15) is 6.92 Å². The number of imidazole rings is 1. The van der Waals surface area contributed by atoms with Crippen LogP contribution in [0.25, 0.3) is 0 Å². The molecular weight excluding hydrogens is 328 g/mol. The third-order valence-electron chi connectivity index (χ3n) is 2.78. The average molecular weight is 341 g/mol. The molecule has 0 unspecified atom stereocenters. The Morgan fingerprint density at radius 1 is 1.55 bits per heavy atom. The summed E-state index contributed by atoms with van der Waals surface area (Å²) in [4.78, 5) is 26.3. The number of nitrogens with zero attached hydrogens (tertiary/aromatic N) is 3. The summed E-state index contributed by atoms with van der Waals surface area (Å²) in [5.74, 6) is -0.111. The first-order chi connectivity index (χ1) is 10.5. The number of hydrogen-bond acceptors (Lipinski definition) is 5. The fraction of sp³-hybridized carbons (Fsp3) is 0.231. The van der Waals surface area contributed by atoms with Gasteiger partial charge < -0.3 is 9.88 Å². The molecule has 0 atom stereocenters. The van der Waals surface area contributed by atoms with Crippen molar-refractivity contribution in [3.63, 3.8) is 0 Å². The van der Waals surface area contributed by atoms with Crippen LogP contribution >= 0.6 is 23.4 Å². The SMILES string of the molecule is CCn1ccnc1SCC(=O)Nc1ccc(Cl)c([N+](=O)[O-])c1. The number of nitrogens with one attached hydrogen (secondary N) is 1. The summed E-state index contributed by atoms with van der Waals surface area (Å²) in [5, 5.41) is 14.2. The number of aryl methyl sites for hydroxylation is 1. The van der Waals surface area contributed by atoms with Crippen molar-refractivity contribution in [2.24, 2.45) is 0 Å². The van der Waals surface area contributed by atoms with Crippen LogP contribution in [0.4, 0.5) is 11.4 Å². The minimum atomic E-state index is -0.592. The number of halogens is 1. The third kappa shape index (κ3) is 3.99. The molecule has 9 heteroatoms. The number of aromatic nitrogens is 2. The fourth-order valence-electron chi connectivity index (χ4n) is 1.73. The van der Waals surface area contributed by atoms with Gasteiger partial charge in [-0.15, -0.1) is 0 Å². The molecule has 0 aliphatic rings. The minimum Gasteiger partial charge on any atom is -0.326 e. The Hall–Kier alpha value is -2.06. The van der Waals surface area contributed by atoms with Gasteiger partial charge in [-0.2, -0.15) is 0 Å². The summed E-state index contributed by atoms with van der Waals surface area (Å²) in [6, 6.07) is 4.13. The Bertz CT molecular complexity index is 704. The maximum absolute atomic E-state index is 11.9. The topological polar surface area (TPSA) is 90.1 Å². The van der Waals surface area contributed by atoms with Crippen LogP contribution in [0, 0.1) is 10.1 Å². The highest BCUT2D eigenvalue weighted by atomic mass is 35.5. The Morgan fingerprint density at radius 2 is 2.32 bits per heavy atom. The lowest BCUT2D eigenvalue weighted by molar-refractivity contribution is -0.384. The molecule has 0 spiro atoms. The second-order valence-electron chi connectivity index (χ2n) is 4.26. The molecular formula is C13H13ClN4O3S. The standard InChI is InChI=1S/C13H13ClN4O3S/c1-2-17-6-5-15-13(17)22-8-12(19)16-9-3-4-10(14)11(7-9)18(20)21/h3-7H,2,8H2,1H3,(H,16,19). The zero-order valence-electron chi connectivity index (χ0n) is 11.7. The molecule has 1 aromatic carbocycles. The number of carbonyl (C=O) groups excluding carboxylic acids is 1. The van der Waals surface area contributed by atoms with Crippen LogP contribution in [0.5, 0.6) is 0 Å². The first-order valence-electron chi connectivity index (χ1n) is 6.39. The van der Waals surface area contributed by atoms with Crippen molar-refractivity contribution >= 4 is 40.6 Å². The van der Waals surface area contributed by atoms with Crippen molar-refractivity contribution in [3.05, 3.63) is 45.7 Å². The Kier molecular flexibility index (Phi) is 5.40. The lowest BCUT2D eigenvalue weighted by Crippen LogP contribution is -2.14. The van der Waals surface area contributed by atoms with Crippen molar-refractivity contribution < 1.29 is 9.72 Å². The zero-order valence-corrected chi connectivity index (χ0v) is 13.2. The highest BCUT2D eigenvalue weighted by Gasteiger charge is 2.14. The Labute approximate surface area is 135 Å². The van der Waals surface area contributed by atoms with E-state index in [9.17, 15) is 14.9 Å². The minimum absolute atomic E-state index is 0.0300. The molecule has 2 aromatic rings. The van der Waals surface area contributed by atoms with Gasteiger partial charge >= 0.3 is 0 Å². The largest absolute Gasteiger partial charge is 0.326 e. The smallest absolute Gasteiger partial charge is 0.289 e. The summed E-state index contributed by atoms with van der Waals surface area (Å²) in [7, 11) is 0. The molecule has 1 heterocycles. The molecule has 2 rings (SSSR count). The van der Waals surface area contributed by atoms with Crippen LogP contribution in [-0.4, -0.2) is 26.1 Å². The van der Waals surface area contributed by atoms with Crippen molar-refractivity contribution in [1.29, 1.82) is 0 Å². The number of thioether (sulfide) groups is 1. The molecule has 1 N–H and O–H groups in total. The molecule has 116 valence electrons. The maximum Gasteiger partial charge on any atom is 0.289 e. The molecule has 7 nitrogen and oxygen atoms in total. The van der Waals surface area contributed by atoms with Crippen LogP contribution in [-0.2, 0) is 11.3 Å². The average Bonchev–Trinajstić information content (AvgIpc) is 2.94. The lowest BCUT2D eigenvalue weighted by atomic mass is 10.3. The Morgan fingerprint density at radius 3 is 3.00 bits per heavy atom. The van der Waals surface area contributed by atoms with Crippen molar-refractivity contribution in [1.82, 2.24) is 9.55 Å². The summed E-state index contributed by atoms with van der Waals surface area (Å²) >= 11 is 7.02. The van der Waals surface area contributed by atoms with Crippen LogP contribution in [0.3, 0.4) is 0 Å². The number of hydrogen-bond donors (Lipinski definition) is 1. The molecule has 0 bridgehead atoms. The maximum atomic E-state index is 11.9. The molecule has 0 aliphatic carbocycles. The predicted molar refractivity (Wildman–Crippen MR) is 85.4 cm³/mol. The van der Waals surface area contributed by atoms with Crippen molar-refractivity contribution in [2.75, 3.05) is 11.1 Å². The van der Waals surface area contributed by atoms with Gasteiger partial charge in [0, 0.05) is 30.7 Å². The van der Waals surface area contributed by atoms with Gasteiger partial charge in [0.1, 0.15) is 5.02 Å². The van der Waals surface area contributed by atoms with E-state index in [0.717, 1.165) is 11.7 Å². The molecule has 0 radical (unpaired) electrons. The first kappa shape index (κ1) is 16.3. The summed E-state index contributed by atoms with van der Waals surface area (Å²) in [5.41, 5.74) is 0.0918. The van der Waals surface area contributed by atoms with E-state index in [1.54, 1.807) is 6.20 Å². The number of nitro benzene ring substituents is 1. The van der Waals surface area contributed by atoms with E-state index < -0.39 is 4.92 Å². The number of benzene rings is 1. The molecule has 1 amide bonds. The summed E-state index contributed by atoms with van der Waals surface area (Å²) < 4.78 is 1.92. The van der Waals surface area contributed by atoms with Crippen LogP contribution in [0.2, 0.25) is 5.02 Å². The number of carbonyl (C=O) groups is 1. The zero-order chi connectivity index (χ0) is 16.1. The number of anilines is 1. The molecule has 1 aromatic heterocycles. The molecule has 0 aliphatic heterocycles. The summed E-state index contributed by atoms with van der Waals surface area (Å²) in [6.07, 6.45) is 3.51. The van der Waals surface area contributed by atoms with Gasteiger partial charge in [0.05, 0.1) is 10.7 Å². The van der Waals surface area contributed by atoms with Gasteiger partial charge in [0.25, 0.3) is 5.69 Å². The Balaban J connectivity index is 1.97. The second-order valence-corrected chi connectivity index (χ2v) is 5.61. The number of amides is 1. The highest BCUT2D eigenvalue weighted by molar-refractivity contribution is 7.99. The quantitative estimate of drug-likeness (QED) is 0.495. The third-order valence-corrected chi connectivity index (χ3v) is 4.10. The van der Waals surface area contributed by atoms with E-state index in [-0.39, 0.29) is 22.4 Å². The van der Waals surface area contributed by atoms with Gasteiger partial charge in [-0.25, -0.2) is 4.98 Å². The van der Waals surface area contributed by atoms with Crippen molar-refractivity contribution in [3.8, 4) is 0 Å². The lowest BCUT2D eigenvalue weighted by Gasteiger charge is -2.06. The van der Waals surface area contributed by atoms with Gasteiger partial charge in [-0.05, 0) is 19.1 Å². The van der Waals surface area contributed by atoms with Gasteiger partial charge in [0.15, 0.2) is 5.16 Å². The van der Waals surface area contributed by atoms with E-state index >= 15 is 0 Å². The second kappa shape index (κ2) is 7.28. The molecule has 0 fully saturated rings. The van der Waals surface area contributed by atoms with Gasteiger partial charge in [-0.3, -0.25) is 14.9 Å². The van der Waals surface area contributed by atoms with Crippen molar-refractivity contribution in [2.45, 2.75) is 18.6 Å². The molecule has 0 saturated carbocycles. The van der Waals surface area contributed by atoms with E-state index in [0.29, 0.717) is 5.69 Å². The highest BCUT2D eigenvalue weighted by Crippen LogP contribution is 2.27. The predicted octanol–water partition coefficient (Wildman–Crippen LogP) is 3.20. The van der Waals surface area contributed by atoms with Crippen LogP contribution in [0.15, 0.2) is 35.7 Å². The van der Waals surface area contributed by atoms with Gasteiger partial charge in [-0.1, -0.05) is 23.4 Å². The van der Waals surface area contributed by atoms with E-state index in [1.807, 2.05) is 17.7 Å². The fourth-order valence-corrected chi connectivity index (χ4v) is 2.74. The molecule has 22 heavy (non-hydrogen) atoms. The molecule has 0 saturated heterocycles.